The Morgan fingerprint density at radius 2 is 0.828 bits per heavy atom. The maximum absolute atomic E-state index is 11.7. The highest BCUT2D eigenvalue weighted by atomic mass is 32.2. The first-order valence-electron chi connectivity index (χ1n) is 8.36. The Kier molecular flexibility index (Phi) is 4.88. The Morgan fingerprint density at radius 3 is 1.14 bits per heavy atom. The van der Waals surface area contributed by atoms with Crippen molar-refractivity contribution in [1.29, 1.82) is 0 Å². The van der Waals surface area contributed by atoms with Crippen LogP contribution < -0.4 is 18.2 Å². The minimum absolute atomic E-state index is 0.391. The zero-order valence-corrected chi connectivity index (χ0v) is 15.5. The summed E-state index contributed by atoms with van der Waals surface area (Å²) in [5, 5.41) is 0. The Morgan fingerprint density at radius 1 is 0.517 bits per heavy atom. The van der Waals surface area contributed by atoms with E-state index in [0.717, 1.165) is 22.1 Å². The van der Waals surface area contributed by atoms with Crippen molar-refractivity contribution in [2.24, 2.45) is 0 Å². The second-order valence-corrected chi connectivity index (χ2v) is 6.38. The van der Waals surface area contributed by atoms with Crippen LogP contribution in [-0.2, 0) is 19.2 Å². The molecule has 4 amide bonds. The smallest absolute Gasteiger partial charge is 0.293 e. The normalized spacial score (nSPS) is 15.6. The van der Waals surface area contributed by atoms with Gasteiger partial charge in [-0.3, -0.25) is 19.2 Å². The lowest BCUT2D eigenvalue weighted by atomic mass is 10.3. The molecule has 0 N–H and O–H groups in total. The molecule has 0 saturated heterocycles. The molecule has 2 aromatic rings. The van der Waals surface area contributed by atoms with Gasteiger partial charge in [0.15, 0.2) is 0 Å². The monoisotopic (exact) mass is 408 g/mol. The summed E-state index contributed by atoms with van der Waals surface area (Å²) in [7, 11) is 0. The van der Waals surface area contributed by atoms with Crippen LogP contribution in [0.5, 0.6) is 11.5 Å². The average Bonchev–Trinajstić information content (AvgIpc) is 3.24. The molecule has 4 rings (SSSR count). The molecule has 0 aromatic heterocycles. The molecular weight excluding hydrogens is 396 g/mol. The molecule has 0 atom stereocenters. The minimum Gasteiger partial charge on any atom is -0.391 e. The summed E-state index contributed by atoms with van der Waals surface area (Å²) in [6.45, 7) is 0. The van der Waals surface area contributed by atoms with Crippen LogP contribution in [0.4, 0.5) is 11.4 Å². The number of amides is 4. The third kappa shape index (κ3) is 3.76. The third-order valence-corrected chi connectivity index (χ3v) is 4.59. The summed E-state index contributed by atoms with van der Waals surface area (Å²) in [5.41, 5.74) is 0.888. The maximum Gasteiger partial charge on any atom is 0.293 e. The van der Waals surface area contributed by atoms with E-state index < -0.39 is 23.6 Å². The number of imide groups is 2. The van der Waals surface area contributed by atoms with Gasteiger partial charge in [0.1, 0.15) is 11.5 Å². The number of hydrogen-bond donors (Lipinski definition) is 0. The number of carbonyl (C=O) groups excluding carboxylic acids is 4. The van der Waals surface area contributed by atoms with Crippen LogP contribution in [0.1, 0.15) is 0 Å². The third-order valence-electron chi connectivity index (χ3n) is 4.07. The van der Waals surface area contributed by atoms with E-state index in [2.05, 4.69) is 0 Å². The van der Waals surface area contributed by atoms with E-state index in [1.807, 2.05) is 0 Å². The van der Waals surface area contributed by atoms with Crippen molar-refractivity contribution < 1.29 is 27.5 Å². The molecular formula is C20H12N2O6S. The Balaban J connectivity index is 1.31. The quantitative estimate of drug-likeness (QED) is 0.536. The van der Waals surface area contributed by atoms with E-state index in [9.17, 15) is 19.2 Å². The standard InChI is InChI=1S/C20H12N2O6S/c23-17-9-10-18(24)21(17)13-1-5-15(6-2-13)27-29-28-16-7-3-14(4-8-16)22-19(25)11-12-20(22)26/h1-12H. The van der Waals surface area contributed by atoms with Crippen LogP contribution in [0.2, 0.25) is 0 Å². The molecule has 8 nitrogen and oxygen atoms in total. The van der Waals surface area contributed by atoms with E-state index in [-0.39, 0.29) is 0 Å². The van der Waals surface area contributed by atoms with E-state index >= 15 is 0 Å². The van der Waals surface area contributed by atoms with Gasteiger partial charge in [-0.2, -0.15) is 0 Å². The molecule has 2 aliphatic rings. The number of hydrogen-bond acceptors (Lipinski definition) is 7. The van der Waals surface area contributed by atoms with Gasteiger partial charge in [-0.15, -0.1) is 0 Å². The van der Waals surface area contributed by atoms with Gasteiger partial charge in [0, 0.05) is 24.3 Å². The fourth-order valence-electron chi connectivity index (χ4n) is 2.71. The van der Waals surface area contributed by atoms with Gasteiger partial charge in [0.2, 0.25) is 0 Å². The molecule has 0 aliphatic carbocycles. The molecule has 9 heteroatoms. The van der Waals surface area contributed by atoms with Gasteiger partial charge in [0.05, 0.1) is 11.4 Å². The molecule has 0 fully saturated rings. The summed E-state index contributed by atoms with van der Waals surface area (Å²) < 4.78 is 10.8. The second-order valence-electron chi connectivity index (χ2n) is 5.91. The highest BCUT2D eigenvalue weighted by Gasteiger charge is 2.25. The molecule has 29 heavy (non-hydrogen) atoms. The maximum atomic E-state index is 11.7. The number of carbonyl (C=O) groups is 4. The van der Waals surface area contributed by atoms with Crippen molar-refractivity contribution in [3.05, 3.63) is 72.8 Å². The Hall–Kier alpha value is -3.85. The van der Waals surface area contributed by atoms with Crippen molar-refractivity contribution in [2.45, 2.75) is 0 Å². The lowest BCUT2D eigenvalue weighted by Gasteiger charge is -2.14. The van der Waals surface area contributed by atoms with Gasteiger partial charge in [0.25, 0.3) is 36.0 Å². The molecule has 2 aliphatic heterocycles. The van der Waals surface area contributed by atoms with Gasteiger partial charge in [-0.1, -0.05) is 0 Å². The van der Waals surface area contributed by atoms with Gasteiger partial charge in [-0.05, 0) is 48.5 Å². The van der Waals surface area contributed by atoms with Crippen molar-refractivity contribution in [3.63, 3.8) is 0 Å². The van der Waals surface area contributed by atoms with E-state index in [4.69, 9.17) is 8.37 Å². The van der Waals surface area contributed by atoms with Crippen LogP contribution in [0.15, 0.2) is 72.8 Å². The molecule has 2 aromatic carbocycles. The molecule has 0 spiro atoms. The van der Waals surface area contributed by atoms with Crippen molar-refractivity contribution in [2.75, 3.05) is 9.80 Å². The first-order chi connectivity index (χ1) is 14.0. The molecule has 0 radical (unpaired) electrons. The fourth-order valence-corrected chi connectivity index (χ4v) is 3.12. The lowest BCUT2D eigenvalue weighted by Crippen LogP contribution is -2.29. The van der Waals surface area contributed by atoms with Crippen LogP contribution >= 0.6 is 12.3 Å². The van der Waals surface area contributed by atoms with E-state index in [1.165, 1.54) is 24.3 Å². The molecule has 0 bridgehead atoms. The van der Waals surface area contributed by atoms with E-state index in [0.29, 0.717) is 22.9 Å². The number of rotatable bonds is 6. The topological polar surface area (TPSA) is 93.2 Å². The van der Waals surface area contributed by atoms with Gasteiger partial charge >= 0.3 is 0 Å². The Bertz CT molecular complexity index is 938. The molecule has 0 saturated carbocycles. The van der Waals surface area contributed by atoms with Crippen LogP contribution in [0.25, 0.3) is 0 Å². The summed E-state index contributed by atoms with van der Waals surface area (Å²) in [6, 6.07) is 12.8. The van der Waals surface area contributed by atoms with Crippen molar-refractivity contribution >= 4 is 47.3 Å². The molecule has 144 valence electrons. The van der Waals surface area contributed by atoms with Gasteiger partial charge in [-0.25, -0.2) is 9.80 Å². The Labute approximate surface area is 169 Å². The molecule has 2 heterocycles. The van der Waals surface area contributed by atoms with Crippen LogP contribution in [0, 0.1) is 0 Å². The highest BCUT2D eigenvalue weighted by Crippen LogP contribution is 2.27. The first kappa shape index (κ1) is 18.5. The average molecular weight is 408 g/mol. The minimum atomic E-state index is -0.391. The highest BCUT2D eigenvalue weighted by molar-refractivity contribution is 7.90. The largest absolute Gasteiger partial charge is 0.391 e. The van der Waals surface area contributed by atoms with E-state index in [1.54, 1.807) is 48.5 Å². The summed E-state index contributed by atoms with van der Waals surface area (Å²) in [6.07, 6.45) is 4.86. The summed E-state index contributed by atoms with van der Waals surface area (Å²) in [4.78, 5) is 48.8. The number of benzene rings is 2. The number of nitrogens with zero attached hydrogens (tertiary/aromatic N) is 2. The molecule has 0 unspecified atom stereocenters. The lowest BCUT2D eigenvalue weighted by molar-refractivity contribution is -0.121. The van der Waals surface area contributed by atoms with Crippen LogP contribution in [0.3, 0.4) is 0 Å². The number of anilines is 2. The van der Waals surface area contributed by atoms with Crippen LogP contribution in [-0.4, -0.2) is 23.6 Å². The van der Waals surface area contributed by atoms with Crippen molar-refractivity contribution in [1.82, 2.24) is 0 Å². The predicted molar refractivity (Wildman–Crippen MR) is 105 cm³/mol. The van der Waals surface area contributed by atoms with Gasteiger partial charge < -0.3 is 8.37 Å². The zero-order chi connectivity index (χ0) is 20.4. The summed E-state index contributed by atoms with van der Waals surface area (Å²) >= 11 is 0.718. The SMILES string of the molecule is O=C1C=CC(=O)N1c1ccc(OSOc2ccc(N3C(=O)C=CC3=O)cc2)cc1. The summed E-state index contributed by atoms with van der Waals surface area (Å²) in [5.74, 6) is -0.643. The van der Waals surface area contributed by atoms with Crippen molar-refractivity contribution in [3.8, 4) is 11.5 Å². The first-order valence-corrected chi connectivity index (χ1v) is 9.03. The second kappa shape index (κ2) is 7.64. The predicted octanol–water partition coefficient (Wildman–Crippen LogP) is 2.57. The fraction of sp³-hybridized carbons (Fsp3) is 0. The zero-order valence-electron chi connectivity index (χ0n) is 14.7.